The van der Waals surface area contributed by atoms with E-state index in [4.69, 9.17) is 9.47 Å². The lowest BCUT2D eigenvalue weighted by atomic mass is 10.1. The first-order valence-electron chi connectivity index (χ1n) is 10.2. The van der Waals surface area contributed by atoms with Crippen molar-refractivity contribution in [2.45, 2.75) is 38.8 Å². The molecule has 1 heterocycles. The number of hydrogen-bond acceptors (Lipinski definition) is 4. The van der Waals surface area contributed by atoms with Crippen LogP contribution in [0.2, 0.25) is 0 Å². The number of phenols is 1. The molecule has 30 heavy (non-hydrogen) atoms. The second-order valence-corrected chi connectivity index (χ2v) is 7.34. The summed E-state index contributed by atoms with van der Waals surface area (Å²) in [5, 5.41) is 16.1. The standard InChI is InChI=1S/C23H31N3O3.HI/c1-17-5-8-19(22(14-17)29-21-11-13-28-16-21)15-26-23(24-2)25-12-3-4-18-6-9-20(27)10-7-18;/h5-10,14,21,27H,3-4,11-13,15-16H2,1-2H3,(H2,24,25,26);1H. The highest BCUT2D eigenvalue weighted by Gasteiger charge is 2.18. The molecule has 1 unspecified atom stereocenters. The maximum Gasteiger partial charge on any atom is 0.191 e. The zero-order valence-corrected chi connectivity index (χ0v) is 20.0. The van der Waals surface area contributed by atoms with Crippen molar-refractivity contribution in [3.63, 3.8) is 0 Å². The number of aliphatic imine (C=N–C) groups is 1. The van der Waals surface area contributed by atoms with Gasteiger partial charge in [-0.15, -0.1) is 24.0 Å². The van der Waals surface area contributed by atoms with Crippen LogP contribution in [0.5, 0.6) is 11.5 Å². The molecule has 3 rings (SSSR count). The topological polar surface area (TPSA) is 75.1 Å². The molecule has 0 amide bonds. The molecule has 3 N–H and O–H groups in total. The van der Waals surface area contributed by atoms with Gasteiger partial charge < -0.3 is 25.2 Å². The summed E-state index contributed by atoms with van der Waals surface area (Å²) in [5.74, 6) is 1.98. The number of phenolic OH excluding ortho intramolecular Hbond substituents is 1. The Morgan fingerprint density at radius 3 is 2.70 bits per heavy atom. The van der Waals surface area contributed by atoms with Crippen LogP contribution < -0.4 is 15.4 Å². The highest BCUT2D eigenvalue weighted by atomic mass is 127. The molecule has 1 aliphatic heterocycles. The van der Waals surface area contributed by atoms with Crippen molar-refractivity contribution in [2.75, 3.05) is 26.8 Å². The van der Waals surface area contributed by atoms with Gasteiger partial charge in [0.2, 0.25) is 0 Å². The lowest BCUT2D eigenvalue weighted by Crippen LogP contribution is -2.37. The molecular weight excluding hydrogens is 493 g/mol. The van der Waals surface area contributed by atoms with Crippen LogP contribution in [0.15, 0.2) is 47.5 Å². The lowest BCUT2D eigenvalue weighted by molar-refractivity contribution is 0.140. The van der Waals surface area contributed by atoms with Gasteiger partial charge in [-0.2, -0.15) is 0 Å². The number of aryl methyl sites for hydroxylation is 2. The number of nitrogens with zero attached hydrogens (tertiary/aromatic N) is 1. The summed E-state index contributed by atoms with van der Waals surface area (Å²) < 4.78 is 11.6. The van der Waals surface area contributed by atoms with Gasteiger partial charge in [0.1, 0.15) is 17.6 Å². The van der Waals surface area contributed by atoms with Crippen molar-refractivity contribution >= 4 is 29.9 Å². The molecule has 2 aromatic carbocycles. The quantitative estimate of drug-likeness (QED) is 0.212. The summed E-state index contributed by atoms with van der Waals surface area (Å²) in [6.07, 6.45) is 2.99. The van der Waals surface area contributed by atoms with E-state index in [1.165, 1.54) is 11.1 Å². The Hall–Kier alpha value is -2.00. The number of benzene rings is 2. The number of halogens is 1. The average molecular weight is 525 g/mol. The Labute approximate surface area is 196 Å². The van der Waals surface area contributed by atoms with Gasteiger partial charge in [-0.3, -0.25) is 4.99 Å². The second-order valence-electron chi connectivity index (χ2n) is 7.34. The predicted octanol–water partition coefficient (Wildman–Crippen LogP) is 3.78. The van der Waals surface area contributed by atoms with Crippen LogP contribution in [0.1, 0.15) is 29.5 Å². The Morgan fingerprint density at radius 2 is 2.00 bits per heavy atom. The molecule has 0 radical (unpaired) electrons. The number of guanidine groups is 1. The largest absolute Gasteiger partial charge is 0.508 e. The lowest BCUT2D eigenvalue weighted by Gasteiger charge is -2.18. The number of hydrogen-bond donors (Lipinski definition) is 3. The van der Waals surface area contributed by atoms with E-state index in [0.717, 1.165) is 49.7 Å². The highest BCUT2D eigenvalue weighted by molar-refractivity contribution is 14.0. The normalized spacial score (nSPS) is 16.1. The highest BCUT2D eigenvalue weighted by Crippen LogP contribution is 2.23. The van der Waals surface area contributed by atoms with Gasteiger partial charge in [0.25, 0.3) is 0 Å². The molecule has 0 saturated carbocycles. The molecule has 1 fully saturated rings. The van der Waals surface area contributed by atoms with Crippen molar-refractivity contribution in [3.8, 4) is 11.5 Å². The minimum absolute atomic E-state index is 0. The summed E-state index contributed by atoms with van der Waals surface area (Å²) in [7, 11) is 1.78. The first kappa shape index (κ1) is 24.3. The molecule has 0 bridgehead atoms. The zero-order chi connectivity index (χ0) is 20.5. The summed E-state index contributed by atoms with van der Waals surface area (Å²) in [6, 6.07) is 13.6. The monoisotopic (exact) mass is 525 g/mol. The van der Waals surface area contributed by atoms with Crippen LogP contribution in [0.3, 0.4) is 0 Å². The maximum absolute atomic E-state index is 9.35. The summed E-state index contributed by atoms with van der Waals surface area (Å²) >= 11 is 0. The average Bonchev–Trinajstić information content (AvgIpc) is 3.23. The third kappa shape index (κ3) is 7.68. The first-order chi connectivity index (χ1) is 14.1. The Morgan fingerprint density at radius 1 is 1.20 bits per heavy atom. The summed E-state index contributed by atoms with van der Waals surface area (Å²) in [6.45, 7) is 4.96. The van der Waals surface area contributed by atoms with Crippen molar-refractivity contribution in [3.05, 3.63) is 59.2 Å². The molecule has 1 aliphatic rings. The third-order valence-corrected chi connectivity index (χ3v) is 4.95. The van der Waals surface area contributed by atoms with Crippen molar-refractivity contribution in [2.24, 2.45) is 4.99 Å². The Bertz CT molecular complexity index is 806. The van der Waals surface area contributed by atoms with Gasteiger partial charge in [0, 0.05) is 32.1 Å². The molecule has 1 saturated heterocycles. The minimum atomic E-state index is 0. The van der Waals surface area contributed by atoms with Gasteiger partial charge in [0.15, 0.2) is 5.96 Å². The third-order valence-electron chi connectivity index (χ3n) is 4.95. The molecule has 1 atom stereocenters. The van der Waals surface area contributed by atoms with E-state index in [2.05, 4.69) is 40.7 Å². The first-order valence-corrected chi connectivity index (χ1v) is 10.2. The molecule has 0 aromatic heterocycles. The van der Waals surface area contributed by atoms with E-state index in [-0.39, 0.29) is 30.1 Å². The van der Waals surface area contributed by atoms with Crippen LogP contribution in [0, 0.1) is 6.92 Å². The zero-order valence-electron chi connectivity index (χ0n) is 17.7. The van der Waals surface area contributed by atoms with Crippen molar-refractivity contribution < 1.29 is 14.6 Å². The van der Waals surface area contributed by atoms with Crippen LogP contribution in [0.4, 0.5) is 0 Å². The van der Waals surface area contributed by atoms with E-state index >= 15 is 0 Å². The Kier molecular flexibility index (Phi) is 10.2. The molecule has 2 aromatic rings. The summed E-state index contributed by atoms with van der Waals surface area (Å²) in [5.41, 5.74) is 3.50. The number of nitrogens with one attached hydrogen (secondary N) is 2. The van der Waals surface area contributed by atoms with Gasteiger partial charge in [-0.05, 0) is 49.1 Å². The minimum Gasteiger partial charge on any atom is -0.508 e. The molecule has 7 heteroatoms. The van der Waals surface area contributed by atoms with Crippen LogP contribution in [0.25, 0.3) is 0 Å². The van der Waals surface area contributed by atoms with Gasteiger partial charge in [-0.1, -0.05) is 24.3 Å². The molecule has 6 nitrogen and oxygen atoms in total. The van der Waals surface area contributed by atoms with Crippen LogP contribution >= 0.6 is 24.0 Å². The fraction of sp³-hybridized carbons (Fsp3) is 0.435. The van der Waals surface area contributed by atoms with Gasteiger partial charge >= 0.3 is 0 Å². The van der Waals surface area contributed by atoms with Gasteiger partial charge in [-0.25, -0.2) is 0 Å². The van der Waals surface area contributed by atoms with Gasteiger partial charge in [0.05, 0.1) is 13.2 Å². The fourth-order valence-electron chi connectivity index (χ4n) is 3.26. The van der Waals surface area contributed by atoms with E-state index in [1.807, 2.05) is 12.1 Å². The summed E-state index contributed by atoms with van der Waals surface area (Å²) in [4.78, 5) is 4.31. The second kappa shape index (κ2) is 12.6. The number of ether oxygens (including phenoxy) is 2. The van der Waals surface area contributed by atoms with E-state index < -0.39 is 0 Å². The van der Waals surface area contributed by atoms with E-state index in [9.17, 15) is 5.11 Å². The van der Waals surface area contributed by atoms with Crippen molar-refractivity contribution in [1.29, 1.82) is 0 Å². The van der Waals surface area contributed by atoms with Crippen molar-refractivity contribution in [1.82, 2.24) is 10.6 Å². The molecule has 0 spiro atoms. The van der Waals surface area contributed by atoms with E-state index in [0.29, 0.717) is 18.9 Å². The Balaban J connectivity index is 0.00000320. The molecule has 164 valence electrons. The van der Waals surface area contributed by atoms with Crippen LogP contribution in [-0.4, -0.2) is 44.0 Å². The smallest absolute Gasteiger partial charge is 0.191 e. The van der Waals surface area contributed by atoms with E-state index in [1.54, 1.807) is 19.2 Å². The fourth-order valence-corrected chi connectivity index (χ4v) is 3.26. The maximum atomic E-state index is 9.35. The molecule has 0 aliphatic carbocycles. The predicted molar refractivity (Wildman–Crippen MR) is 131 cm³/mol. The molecular formula is C23H32IN3O3. The number of aromatic hydroxyl groups is 1. The number of rotatable bonds is 8. The SMILES string of the molecule is CN=C(NCCCc1ccc(O)cc1)NCc1ccc(C)cc1OC1CCOC1.I. The van der Waals surface area contributed by atoms with Crippen LogP contribution in [-0.2, 0) is 17.7 Å².